The minimum atomic E-state index is -1.85. The molecule has 3 aliphatic rings. The first-order valence-electron chi connectivity index (χ1n) is 7.88. The molecule has 6 atom stereocenters. The van der Waals surface area contributed by atoms with Crippen LogP contribution in [-0.2, 0) is 28.2 Å². The van der Waals surface area contributed by atoms with Gasteiger partial charge in [0.05, 0.1) is 6.61 Å². The van der Waals surface area contributed by atoms with E-state index in [0.717, 1.165) is 0 Å². The maximum Gasteiger partial charge on any atom is 0.303 e. The molecule has 7 heteroatoms. The highest BCUT2D eigenvalue weighted by Gasteiger charge is 2.66. The molecule has 3 heterocycles. The Morgan fingerprint density at radius 2 is 1.77 bits per heavy atom. The number of hydrogen-bond acceptors (Lipinski definition) is 6. The summed E-state index contributed by atoms with van der Waals surface area (Å²) in [6.45, 7) is 12.9. The van der Waals surface area contributed by atoms with Crippen molar-refractivity contribution in [3.63, 3.8) is 0 Å². The first-order chi connectivity index (χ1) is 10.1. The fraction of sp³-hybridized carbons (Fsp3) is 0.933. The van der Waals surface area contributed by atoms with Gasteiger partial charge in [0, 0.05) is 6.92 Å². The zero-order valence-corrected chi connectivity index (χ0v) is 15.1. The second kappa shape index (κ2) is 5.27. The highest BCUT2D eigenvalue weighted by molar-refractivity contribution is 6.74. The molecule has 0 aliphatic carbocycles. The summed E-state index contributed by atoms with van der Waals surface area (Å²) >= 11 is 0. The van der Waals surface area contributed by atoms with E-state index < -0.39 is 14.4 Å². The lowest BCUT2D eigenvalue weighted by Crippen LogP contribution is -2.48. The van der Waals surface area contributed by atoms with Crippen molar-refractivity contribution in [2.45, 2.75) is 82.6 Å². The number of esters is 1. The van der Waals surface area contributed by atoms with E-state index in [2.05, 4.69) is 33.9 Å². The Kier molecular flexibility index (Phi) is 3.93. The van der Waals surface area contributed by atoms with Gasteiger partial charge in [-0.25, -0.2) is 0 Å². The Balaban J connectivity index is 1.64. The summed E-state index contributed by atoms with van der Waals surface area (Å²) < 4.78 is 28.9. The lowest BCUT2D eigenvalue weighted by Gasteiger charge is -2.37. The van der Waals surface area contributed by atoms with E-state index in [4.69, 9.17) is 23.4 Å². The zero-order valence-electron chi connectivity index (χ0n) is 14.1. The van der Waals surface area contributed by atoms with Crippen LogP contribution in [0.4, 0.5) is 0 Å². The molecule has 2 bridgehead atoms. The van der Waals surface area contributed by atoms with Crippen LogP contribution in [0.15, 0.2) is 0 Å². The van der Waals surface area contributed by atoms with E-state index in [1.807, 2.05) is 0 Å². The predicted molar refractivity (Wildman–Crippen MR) is 80.9 cm³/mol. The van der Waals surface area contributed by atoms with Crippen molar-refractivity contribution in [3.8, 4) is 0 Å². The molecule has 0 aromatic heterocycles. The van der Waals surface area contributed by atoms with Crippen molar-refractivity contribution in [2.75, 3.05) is 6.61 Å². The van der Waals surface area contributed by atoms with E-state index in [1.165, 1.54) is 6.92 Å². The normalized spacial score (nSPS) is 40.3. The van der Waals surface area contributed by atoms with Gasteiger partial charge in [-0.3, -0.25) is 4.79 Å². The molecular formula is C15H26O6Si. The van der Waals surface area contributed by atoms with Crippen molar-refractivity contribution in [3.05, 3.63) is 0 Å². The number of fused-ring (bicyclic) bond motifs is 4. The van der Waals surface area contributed by atoms with E-state index in [0.29, 0.717) is 6.61 Å². The molecule has 0 aromatic rings. The minimum absolute atomic E-state index is 0.0921. The molecule has 0 spiro atoms. The third-order valence-electron chi connectivity index (χ3n) is 5.16. The zero-order chi connectivity index (χ0) is 16.3. The van der Waals surface area contributed by atoms with E-state index >= 15 is 0 Å². The second-order valence-corrected chi connectivity index (χ2v) is 12.7. The summed E-state index contributed by atoms with van der Waals surface area (Å²) in [6, 6.07) is 0. The first kappa shape index (κ1) is 16.4. The summed E-state index contributed by atoms with van der Waals surface area (Å²) in [5.74, 6) is -0.322. The number of carbonyl (C=O) groups is 1. The molecule has 3 fully saturated rings. The third kappa shape index (κ3) is 2.85. The molecule has 3 saturated heterocycles. The molecule has 3 aliphatic heterocycles. The van der Waals surface area contributed by atoms with Crippen molar-refractivity contribution < 1.29 is 28.2 Å². The van der Waals surface area contributed by atoms with E-state index in [-0.39, 0.29) is 41.7 Å². The first-order valence-corrected chi connectivity index (χ1v) is 10.8. The standard InChI is InChI=1S/C15H26O6Si/c1-8(16)18-11-10-9(7-17-22(5,6)15(2,3)4)19-14(21-10)13-12(11)20-13/h9-14H,7H2,1-6H3/t9-,10+,11-,12+,13+,14+/m0/s1. The smallest absolute Gasteiger partial charge is 0.303 e. The summed E-state index contributed by atoms with van der Waals surface area (Å²) in [7, 11) is -1.85. The van der Waals surface area contributed by atoms with Gasteiger partial charge in [-0.1, -0.05) is 20.8 Å². The molecule has 3 rings (SSSR count). The van der Waals surface area contributed by atoms with Gasteiger partial charge in [-0.15, -0.1) is 0 Å². The van der Waals surface area contributed by atoms with Crippen molar-refractivity contribution in [2.24, 2.45) is 0 Å². The minimum Gasteiger partial charge on any atom is -0.457 e. The molecule has 0 radical (unpaired) electrons. The Labute approximate surface area is 132 Å². The highest BCUT2D eigenvalue weighted by Crippen LogP contribution is 2.46. The van der Waals surface area contributed by atoms with Crippen molar-refractivity contribution in [1.82, 2.24) is 0 Å². The molecule has 0 N–H and O–H groups in total. The van der Waals surface area contributed by atoms with Gasteiger partial charge in [0.15, 0.2) is 20.7 Å². The lowest BCUT2D eigenvalue weighted by atomic mass is 10.0. The molecule has 126 valence electrons. The maximum atomic E-state index is 11.3. The Hall–Kier alpha value is -0.473. The summed E-state index contributed by atoms with van der Waals surface area (Å²) in [4.78, 5) is 11.3. The number of hydrogen-bond donors (Lipinski definition) is 0. The van der Waals surface area contributed by atoms with Crippen molar-refractivity contribution >= 4 is 14.3 Å². The monoisotopic (exact) mass is 330 g/mol. The Morgan fingerprint density at radius 1 is 1.09 bits per heavy atom. The third-order valence-corrected chi connectivity index (χ3v) is 9.66. The SMILES string of the molecule is CC(=O)O[C@@H]1[C@H]2O[C@H]2[C@H]2O[C@@H]1[C@H](CO[Si](C)(C)C(C)(C)C)O2. The molecule has 0 unspecified atom stereocenters. The average Bonchev–Trinajstić information content (AvgIpc) is 3.08. The van der Waals surface area contributed by atoms with E-state index in [9.17, 15) is 4.79 Å². The van der Waals surface area contributed by atoms with Crippen LogP contribution in [0.1, 0.15) is 27.7 Å². The van der Waals surface area contributed by atoms with Crippen LogP contribution in [0, 0.1) is 0 Å². The lowest BCUT2D eigenvalue weighted by molar-refractivity contribution is -0.160. The quantitative estimate of drug-likeness (QED) is 0.445. The molecule has 22 heavy (non-hydrogen) atoms. The van der Waals surface area contributed by atoms with Crippen LogP contribution in [0.25, 0.3) is 0 Å². The summed E-state index contributed by atoms with van der Waals surface area (Å²) in [5, 5.41) is 0.141. The fourth-order valence-electron chi connectivity index (χ4n) is 2.74. The summed E-state index contributed by atoms with van der Waals surface area (Å²) in [5.41, 5.74) is 0. The molecule has 0 aromatic carbocycles. The van der Waals surface area contributed by atoms with Gasteiger partial charge in [0.1, 0.15) is 24.4 Å². The number of epoxide rings is 1. The number of carbonyl (C=O) groups excluding carboxylic acids is 1. The van der Waals surface area contributed by atoms with Crippen LogP contribution in [0.2, 0.25) is 18.1 Å². The Morgan fingerprint density at radius 3 is 2.36 bits per heavy atom. The topological polar surface area (TPSA) is 66.5 Å². The predicted octanol–water partition coefficient (Wildman–Crippen LogP) is 1.83. The van der Waals surface area contributed by atoms with Crippen LogP contribution in [-0.4, -0.2) is 57.7 Å². The average molecular weight is 330 g/mol. The molecule has 0 saturated carbocycles. The number of rotatable bonds is 4. The van der Waals surface area contributed by atoms with Gasteiger partial charge in [-0.05, 0) is 18.1 Å². The van der Waals surface area contributed by atoms with Gasteiger partial charge in [-0.2, -0.15) is 0 Å². The van der Waals surface area contributed by atoms with Crippen LogP contribution in [0.5, 0.6) is 0 Å². The fourth-order valence-corrected chi connectivity index (χ4v) is 3.76. The summed E-state index contributed by atoms with van der Waals surface area (Å²) in [6.07, 6.45) is -1.46. The maximum absolute atomic E-state index is 11.3. The van der Waals surface area contributed by atoms with Crippen LogP contribution in [0.3, 0.4) is 0 Å². The highest BCUT2D eigenvalue weighted by atomic mass is 28.4. The van der Waals surface area contributed by atoms with Crippen LogP contribution >= 0.6 is 0 Å². The number of ether oxygens (including phenoxy) is 4. The molecular weight excluding hydrogens is 304 g/mol. The van der Waals surface area contributed by atoms with Crippen LogP contribution < -0.4 is 0 Å². The van der Waals surface area contributed by atoms with Gasteiger partial charge < -0.3 is 23.4 Å². The van der Waals surface area contributed by atoms with E-state index in [1.54, 1.807) is 0 Å². The molecule has 0 amide bonds. The molecule has 6 nitrogen and oxygen atoms in total. The van der Waals surface area contributed by atoms with Gasteiger partial charge in [0.25, 0.3) is 0 Å². The van der Waals surface area contributed by atoms with Gasteiger partial charge >= 0.3 is 5.97 Å². The second-order valence-electron chi connectivity index (χ2n) is 7.85. The Bertz CT molecular complexity index is 459. The van der Waals surface area contributed by atoms with Crippen molar-refractivity contribution in [1.29, 1.82) is 0 Å². The van der Waals surface area contributed by atoms with Gasteiger partial charge in [0.2, 0.25) is 0 Å². The largest absolute Gasteiger partial charge is 0.457 e.